The molecule has 102 valence electrons. The minimum Gasteiger partial charge on any atom is -0.489 e. The molecule has 0 amide bonds. The maximum absolute atomic E-state index is 12.0. The number of ether oxygens (including phenoxy) is 1. The molecule has 20 heavy (non-hydrogen) atoms. The molecule has 0 N–H and O–H groups in total. The van der Waals surface area contributed by atoms with Crippen LogP contribution in [0, 0.1) is 0 Å². The summed E-state index contributed by atoms with van der Waals surface area (Å²) in [6, 6.07) is 14.0. The Hall–Kier alpha value is -1.78. The summed E-state index contributed by atoms with van der Waals surface area (Å²) in [7, 11) is -3.38. The minimum atomic E-state index is -3.38. The maximum Gasteiger partial charge on any atom is 0.200 e. The maximum atomic E-state index is 12.0. The average Bonchev–Trinajstić information content (AvgIpc) is 2.68. The SMILES string of the molecule is O=S1(=O)C=C(COc2ccccc2)c2cc(Cl)ccc21. The van der Waals surface area contributed by atoms with Crippen LogP contribution in [0.15, 0.2) is 58.8 Å². The van der Waals surface area contributed by atoms with Crippen molar-refractivity contribution in [1.82, 2.24) is 0 Å². The molecular weight excluding hydrogens is 296 g/mol. The third kappa shape index (κ3) is 2.44. The van der Waals surface area contributed by atoms with E-state index in [2.05, 4.69) is 0 Å². The van der Waals surface area contributed by atoms with Crippen LogP contribution in [0.3, 0.4) is 0 Å². The van der Waals surface area contributed by atoms with Crippen LogP contribution in [-0.4, -0.2) is 15.0 Å². The summed E-state index contributed by atoms with van der Waals surface area (Å²) in [4.78, 5) is 0.286. The minimum absolute atomic E-state index is 0.191. The van der Waals surface area contributed by atoms with Crippen LogP contribution in [0.1, 0.15) is 5.56 Å². The fourth-order valence-electron chi connectivity index (χ4n) is 2.11. The van der Waals surface area contributed by atoms with E-state index in [0.29, 0.717) is 21.9 Å². The number of halogens is 1. The predicted molar refractivity (Wildman–Crippen MR) is 78.6 cm³/mol. The van der Waals surface area contributed by atoms with Gasteiger partial charge in [-0.05, 0) is 30.3 Å². The van der Waals surface area contributed by atoms with E-state index in [0.717, 1.165) is 0 Å². The Balaban J connectivity index is 1.91. The lowest BCUT2D eigenvalue weighted by molar-refractivity contribution is 0.370. The number of para-hydroxylation sites is 1. The molecule has 1 aliphatic rings. The lowest BCUT2D eigenvalue weighted by atomic mass is 10.1. The molecule has 1 aliphatic heterocycles. The van der Waals surface area contributed by atoms with Gasteiger partial charge in [0.05, 0.1) is 4.90 Å². The highest BCUT2D eigenvalue weighted by atomic mass is 35.5. The summed E-state index contributed by atoms with van der Waals surface area (Å²) >= 11 is 5.94. The molecule has 0 saturated heterocycles. The van der Waals surface area contributed by atoms with Crippen molar-refractivity contribution in [3.63, 3.8) is 0 Å². The first-order chi connectivity index (χ1) is 9.56. The van der Waals surface area contributed by atoms with Gasteiger partial charge in [-0.15, -0.1) is 0 Å². The zero-order chi connectivity index (χ0) is 14.2. The highest BCUT2D eigenvalue weighted by Crippen LogP contribution is 2.35. The Labute approximate surface area is 122 Å². The monoisotopic (exact) mass is 306 g/mol. The normalized spacial score (nSPS) is 15.6. The molecule has 0 aromatic heterocycles. The first kappa shape index (κ1) is 13.2. The van der Waals surface area contributed by atoms with Crippen LogP contribution in [0.5, 0.6) is 5.75 Å². The van der Waals surface area contributed by atoms with Crippen molar-refractivity contribution in [2.75, 3.05) is 6.61 Å². The number of sulfone groups is 1. The molecule has 2 aromatic carbocycles. The molecule has 3 rings (SSSR count). The van der Waals surface area contributed by atoms with Gasteiger partial charge in [0.25, 0.3) is 0 Å². The number of benzene rings is 2. The van der Waals surface area contributed by atoms with Crippen molar-refractivity contribution < 1.29 is 13.2 Å². The van der Waals surface area contributed by atoms with Crippen LogP contribution in [-0.2, 0) is 9.84 Å². The zero-order valence-corrected chi connectivity index (χ0v) is 12.0. The van der Waals surface area contributed by atoms with Crippen molar-refractivity contribution in [2.24, 2.45) is 0 Å². The third-order valence-electron chi connectivity index (χ3n) is 3.03. The largest absolute Gasteiger partial charge is 0.489 e. The van der Waals surface area contributed by atoms with E-state index in [1.807, 2.05) is 30.3 Å². The van der Waals surface area contributed by atoms with Crippen molar-refractivity contribution in [3.05, 3.63) is 64.5 Å². The first-order valence-electron chi connectivity index (χ1n) is 6.00. The van der Waals surface area contributed by atoms with Gasteiger partial charge in [0.2, 0.25) is 9.84 Å². The average molecular weight is 307 g/mol. The molecule has 0 bridgehead atoms. The van der Waals surface area contributed by atoms with E-state index in [1.54, 1.807) is 12.1 Å². The van der Waals surface area contributed by atoms with Gasteiger partial charge in [0, 0.05) is 21.6 Å². The lowest BCUT2D eigenvalue weighted by Gasteiger charge is -2.07. The van der Waals surface area contributed by atoms with E-state index < -0.39 is 9.84 Å². The van der Waals surface area contributed by atoms with Gasteiger partial charge in [0.1, 0.15) is 12.4 Å². The molecule has 5 heteroatoms. The smallest absolute Gasteiger partial charge is 0.200 e. The number of hydrogen-bond donors (Lipinski definition) is 0. The second kappa shape index (κ2) is 4.96. The Kier molecular flexibility index (Phi) is 3.28. The highest BCUT2D eigenvalue weighted by Gasteiger charge is 2.27. The quantitative estimate of drug-likeness (QED) is 0.871. The molecule has 2 aromatic rings. The second-order valence-electron chi connectivity index (χ2n) is 4.43. The molecule has 0 unspecified atom stereocenters. The van der Waals surface area contributed by atoms with Crippen LogP contribution in [0.4, 0.5) is 0 Å². The van der Waals surface area contributed by atoms with E-state index in [1.165, 1.54) is 11.5 Å². The van der Waals surface area contributed by atoms with Gasteiger partial charge in [-0.3, -0.25) is 0 Å². The van der Waals surface area contributed by atoms with Crippen LogP contribution in [0.2, 0.25) is 5.02 Å². The van der Waals surface area contributed by atoms with Gasteiger partial charge in [-0.2, -0.15) is 0 Å². The summed E-state index contributed by atoms with van der Waals surface area (Å²) in [6.07, 6.45) is 0. The summed E-state index contributed by atoms with van der Waals surface area (Å²) in [5.41, 5.74) is 1.24. The highest BCUT2D eigenvalue weighted by molar-refractivity contribution is 7.95. The molecule has 0 spiro atoms. The number of rotatable bonds is 3. The van der Waals surface area contributed by atoms with Crippen LogP contribution in [0.25, 0.3) is 5.57 Å². The number of hydrogen-bond acceptors (Lipinski definition) is 3. The first-order valence-corrected chi connectivity index (χ1v) is 7.92. The van der Waals surface area contributed by atoms with Crippen LogP contribution < -0.4 is 4.74 Å². The Morgan fingerprint density at radius 2 is 1.80 bits per heavy atom. The number of fused-ring (bicyclic) bond motifs is 1. The topological polar surface area (TPSA) is 43.4 Å². The van der Waals surface area contributed by atoms with Crippen LogP contribution >= 0.6 is 11.6 Å². The standard InChI is InChI=1S/C15H11ClO3S/c16-12-6-7-15-14(8-12)11(10-20(15,17)18)9-19-13-4-2-1-3-5-13/h1-8,10H,9H2. The molecule has 1 heterocycles. The fourth-order valence-corrected chi connectivity index (χ4v) is 3.73. The third-order valence-corrected chi connectivity index (χ3v) is 4.83. The molecule has 0 atom stereocenters. The molecule has 0 radical (unpaired) electrons. The molecule has 0 aliphatic carbocycles. The van der Waals surface area contributed by atoms with Gasteiger partial charge >= 0.3 is 0 Å². The van der Waals surface area contributed by atoms with Crippen molar-refractivity contribution in [3.8, 4) is 5.75 Å². The van der Waals surface area contributed by atoms with E-state index >= 15 is 0 Å². The molecule has 0 fully saturated rings. The summed E-state index contributed by atoms with van der Waals surface area (Å²) in [5, 5.41) is 1.75. The Bertz CT molecular complexity index is 780. The summed E-state index contributed by atoms with van der Waals surface area (Å²) in [5.74, 6) is 0.696. The van der Waals surface area contributed by atoms with Gasteiger partial charge in [-0.1, -0.05) is 29.8 Å². The molecular formula is C15H11ClO3S. The van der Waals surface area contributed by atoms with E-state index in [9.17, 15) is 8.42 Å². The van der Waals surface area contributed by atoms with Gasteiger partial charge in [-0.25, -0.2) is 8.42 Å². The predicted octanol–water partition coefficient (Wildman–Crippen LogP) is 3.55. The van der Waals surface area contributed by atoms with E-state index in [-0.39, 0.29) is 11.5 Å². The van der Waals surface area contributed by atoms with Crippen molar-refractivity contribution in [1.29, 1.82) is 0 Å². The molecule has 0 saturated carbocycles. The van der Waals surface area contributed by atoms with Crippen molar-refractivity contribution in [2.45, 2.75) is 4.90 Å². The second-order valence-corrected chi connectivity index (χ2v) is 6.63. The Morgan fingerprint density at radius 1 is 1.05 bits per heavy atom. The Morgan fingerprint density at radius 3 is 2.55 bits per heavy atom. The summed E-state index contributed by atoms with van der Waals surface area (Å²) < 4.78 is 29.6. The fraction of sp³-hybridized carbons (Fsp3) is 0.0667. The lowest BCUT2D eigenvalue weighted by Crippen LogP contribution is -1.99. The van der Waals surface area contributed by atoms with Gasteiger partial charge < -0.3 is 4.74 Å². The zero-order valence-electron chi connectivity index (χ0n) is 10.4. The summed E-state index contributed by atoms with van der Waals surface area (Å²) in [6.45, 7) is 0.191. The van der Waals surface area contributed by atoms with E-state index in [4.69, 9.17) is 16.3 Å². The van der Waals surface area contributed by atoms with Gasteiger partial charge in [0.15, 0.2) is 0 Å². The molecule has 3 nitrogen and oxygen atoms in total. The van der Waals surface area contributed by atoms with Crippen molar-refractivity contribution >= 4 is 27.0 Å².